The van der Waals surface area contributed by atoms with E-state index in [1.165, 1.54) is 5.39 Å². The van der Waals surface area contributed by atoms with E-state index in [0.29, 0.717) is 6.04 Å². The highest BCUT2D eigenvalue weighted by atomic mass is 32.1. The number of thiophene rings is 1. The number of hydrogen-bond acceptors (Lipinski definition) is 5. The van der Waals surface area contributed by atoms with Crippen LogP contribution >= 0.6 is 11.3 Å². The Bertz CT molecular complexity index is 583. The van der Waals surface area contributed by atoms with Gasteiger partial charge in [0.15, 0.2) is 0 Å². The molecule has 0 aliphatic carbocycles. The Hall–Kier alpha value is -1.20. The van der Waals surface area contributed by atoms with Gasteiger partial charge in [0.2, 0.25) is 0 Å². The minimum Gasteiger partial charge on any atom is -0.375 e. The van der Waals surface area contributed by atoms with Gasteiger partial charge in [-0.05, 0) is 25.3 Å². The van der Waals surface area contributed by atoms with Gasteiger partial charge in [0.05, 0.1) is 24.1 Å². The minimum absolute atomic E-state index is 0.238. The third-order valence-corrected chi connectivity index (χ3v) is 4.63. The summed E-state index contributed by atoms with van der Waals surface area (Å²) in [5.74, 6) is 2.00. The van der Waals surface area contributed by atoms with Crippen LogP contribution in [0.3, 0.4) is 0 Å². The number of morpholine rings is 1. The SMILES string of the molecule is CCc1nc(N2CCOC(C)C2C)c2ccsc2n1. The lowest BCUT2D eigenvalue weighted by molar-refractivity contribution is 0.0282. The van der Waals surface area contributed by atoms with Gasteiger partial charge in [-0.1, -0.05) is 6.92 Å². The van der Waals surface area contributed by atoms with Gasteiger partial charge in [0.25, 0.3) is 0 Å². The number of fused-ring (bicyclic) bond motifs is 1. The van der Waals surface area contributed by atoms with Gasteiger partial charge in [-0.2, -0.15) is 0 Å². The molecule has 1 aliphatic rings. The fourth-order valence-corrected chi connectivity index (χ4v) is 3.27. The first-order valence-corrected chi connectivity index (χ1v) is 7.71. The quantitative estimate of drug-likeness (QED) is 0.846. The first-order chi connectivity index (χ1) is 9.20. The molecule has 2 aromatic heterocycles. The van der Waals surface area contributed by atoms with Gasteiger partial charge < -0.3 is 9.64 Å². The van der Waals surface area contributed by atoms with Crippen LogP contribution in [0.4, 0.5) is 5.82 Å². The largest absolute Gasteiger partial charge is 0.375 e. The Morgan fingerprint density at radius 2 is 2.26 bits per heavy atom. The number of aromatic nitrogens is 2. The molecule has 102 valence electrons. The predicted molar refractivity (Wildman–Crippen MR) is 79.0 cm³/mol. The van der Waals surface area contributed by atoms with Gasteiger partial charge >= 0.3 is 0 Å². The molecule has 3 rings (SSSR count). The van der Waals surface area contributed by atoms with E-state index in [-0.39, 0.29) is 6.10 Å². The predicted octanol–water partition coefficient (Wildman–Crippen LogP) is 2.87. The Balaban J connectivity index is 2.09. The Morgan fingerprint density at radius 3 is 3.05 bits per heavy atom. The standard InChI is InChI=1S/C14H19N3OS/c1-4-12-15-13(11-5-8-19-14(11)16-12)17-6-7-18-10(3)9(17)2/h5,8-10H,4,6-7H2,1-3H3. The molecule has 0 radical (unpaired) electrons. The molecule has 0 saturated carbocycles. The van der Waals surface area contributed by atoms with E-state index in [0.717, 1.165) is 36.0 Å². The molecule has 1 saturated heterocycles. The van der Waals surface area contributed by atoms with Crippen LogP contribution in [0, 0.1) is 0 Å². The van der Waals surface area contributed by atoms with Crippen LogP contribution in [0.25, 0.3) is 10.2 Å². The van der Waals surface area contributed by atoms with Crippen molar-refractivity contribution >= 4 is 27.4 Å². The fraction of sp³-hybridized carbons (Fsp3) is 0.571. The zero-order chi connectivity index (χ0) is 13.4. The fourth-order valence-electron chi connectivity index (χ4n) is 2.49. The van der Waals surface area contributed by atoms with Gasteiger partial charge in [-0.15, -0.1) is 11.3 Å². The molecule has 0 bridgehead atoms. The zero-order valence-electron chi connectivity index (χ0n) is 11.6. The average Bonchev–Trinajstić information content (AvgIpc) is 2.89. The summed E-state index contributed by atoms with van der Waals surface area (Å²) in [6.45, 7) is 8.10. The third kappa shape index (κ3) is 2.21. The van der Waals surface area contributed by atoms with E-state index < -0.39 is 0 Å². The normalized spacial score (nSPS) is 24.1. The number of aryl methyl sites for hydroxylation is 1. The molecule has 3 heterocycles. The summed E-state index contributed by atoms with van der Waals surface area (Å²) in [4.78, 5) is 12.8. The van der Waals surface area contributed by atoms with Crippen molar-refractivity contribution in [3.63, 3.8) is 0 Å². The van der Waals surface area contributed by atoms with Crippen molar-refractivity contribution < 1.29 is 4.74 Å². The lowest BCUT2D eigenvalue weighted by Gasteiger charge is -2.39. The summed E-state index contributed by atoms with van der Waals surface area (Å²) in [5.41, 5.74) is 0. The highest BCUT2D eigenvalue weighted by molar-refractivity contribution is 7.16. The Morgan fingerprint density at radius 1 is 1.42 bits per heavy atom. The van der Waals surface area contributed by atoms with Crippen molar-refractivity contribution in [1.29, 1.82) is 0 Å². The third-order valence-electron chi connectivity index (χ3n) is 3.82. The molecule has 2 unspecified atom stereocenters. The number of rotatable bonds is 2. The average molecular weight is 277 g/mol. The lowest BCUT2D eigenvalue weighted by atomic mass is 10.1. The monoisotopic (exact) mass is 277 g/mol. The summed E-state index contributed by atoms with van der Waals surface area (Å²) in [7, 11) is 0. The second-order valence-electron chi connectivity index (χ2n) is 4.97. The first-order valence-electron chi connectivity index (χ1n) is 6.83. The van der Waals surface area contributed by atoms with E-state index in [9.17, 15) is 0 Å². The topological polar surface area (TPSA) is 38.2 Å². The molecule has 0 spiro atoms. The van der Waals surface area contributed by atoms with Gasteiger partial charge in [-0.3, -0.25) is 0 Å². The lowest BCUT2D eigenvalue weighted by Crippen LogP contribution is -2.49. The van der Waals surface area contributed by atoms with Crippen molar-refractivity contribution in [1.82, 2.24) is 9.97 Å². The molecule has 2 atom stereocenters. The second kappa shape index (κ2) is 5.06. The molecule has 5 heteroatoms. The molecule has 0 aromatic carbocycles. The van der Waals surface area contributed by atoms with Crippen LogP contribution < -0.4 is 4.90 Å². The maximum Gasteiger partial charge on any atom is 0.141 e. The number of hydrogen-bond donors (Lipinski definition) is 0. The summed E-state index contributed by atoms with van der Waals surface area (Å²) >= 11 is 1.69. The highest BCUT2D eigenvalue weighted by Crippen LogP contribution is 2.31. The number of ether oxygens (including phenoxy) is 1. The first kappa shape index (κ1) is 12.8. The van der Waals surface area contributed by atoms with Crippen LogP contribution in [-0.2, 0) is 11.2 Å². The molecule has 0 amide bonds. The summed E-state index contributed by atoms with van der Waals surface area (Å²) < 4.78 is 5.71. The highest BCUT2D eigenvalue weighted by Gasteiger charge is 2.28. The molecule has 1 aliphatic heterocycles. The molecular formula is C14H19N3OS. The minimum atomic E-state index is 0.238. The van der Waals surface area contributed by atoms with Gasteiger partial charge in [0, 0.05) is 13.0 Å². The van der Waals surface area contributed by atoms with Crippen LogP contribution in [0.5, 0.6) is 0 Å². The van der Waals surface area contributed by atoms with E-state index >= 15 is 0 Å². The number of nitrogens with zero attached hydrogens (tertiary/aromatic N) is 3. The Kier molecular flexibility index (Phi) is 3.41. The van der Waals surface area contributed by atoms with Crippen LogP contribution in [0.2, 0.25) is 0 Å². The maximum atomic E-state index is 5.71. The van der Waals surface area contributed by atoms with E-state index in [1.807, 2.05) is 0 Å². The Labute approximate surface area is 117 Å². The van der Waals surface area contributed by atoms with Crippen molar-refractivity contribution in [2.75, 3.05) is 18.1 Å². The summed E-state index contributed by atoms with van der Waals surface area (Å²) in [5, 5.41) is 3.26. The smallest absolute Gasteiger partial charge is 0.141 e. The van der Waals surface area contributed by atoms with Gasteiger partial charge in [-0.25, -0.2) is 9.97 Å². The van der Waals surface area contributed by atoms with Crippen molar-refractivity contribution in [2.45, 2.75) is 39.3 Å². The van der Waals surface area contributed by atoms with Crippen LogP contribution in [0.15, 0.2) is 11.4 Å². The molecule has 2 aromatic rings. The molecule has 1 fully saturated rings. The number of anilines is 1. The van der Waals surface area contributed by atoms with Crippen LogP contribution in [0.1, 0.15) is 26.6 Å². The van der Waals surface area contributed by atoms with Crippen molar-refractivity contribution in [2.24, 2.45) is 0 Å². The second-order valence-corrected chi connectivity index (χ2v) is 5.86. The van der Waals surface area contributed by atoms with Crippen molar-refractivity contribution in [3.8, 4) is 0 Å². The summed E-state index contributed by atoms with van der Waals surface area (Å²) in [6, 6.07) is 2.47. The van der Waals surface area contributed by atoms with Crippen LogP contribution in [-0.4, -0.2) is 35.3 Å². The van der Waals surface area contributed by atoms with Crippen molar-refractivity contribution in [3.05, 3.63) is 17.3 Å². The van der Waals surface area contributed by atoms with E-state index in [4.69, 9.17) is 9.72 Å². The molecule has 19 heavy (non-hydrogen) atoms. The van der Waals surface area contributed by atoms with Gasteiger partial charge in [0.1, 0.15) is 16.5 Å². The van der Waals surface area contributed by atoms with E-state index in [2.05, 4.69) is 42.1 Å². The molecule has 4 nitrogen and oxygen atoms in total. The summed E-state index contributed by atoms with van der Waals surface area (Å²) in [6.07, 6.45) is 1.11. The molecule has 0 N–H and O–H groups in total. The maximum absolute atomic E-state index is 5.71. The zero-order valence-corrected chi connectivity index (χ0v) is 12.4. The van der Waals surface area contributed by atoms with E-state index in [1.54, 1.807) is 11.3 Å². The molecular weight excluding hydrogens is 258 g/mol.